The van der Waals surface area contributed by atoms with E-state index in [0.717, 1.165) is 54.5 Å². The molecule has 1 fully saturated rings. The van der Waals surface area contributed by atoms with Crippen molar-refractivity contribution in [3.63, 3.8) is 0 Å². The molecule has 0 atom stereocenters. The molecule has 0 unspecified atom stereocenters. The van der Waals surface area contributed by atoms with Gasteiger partial charge in [-0.15, -0.1) is 35.3 Å². The Morgan fingerprint density at radius 3 is 2.61 bits per heavy atom. The molecule has 2 heterocycles. The van der Waals surface area contributed by atoms with Crippen molar-refractivity contribution in [2.75, 3.05) is 26.7 Å². The standard InChI is InChI=1S/C14H21F3N4S.HI/c1-10-4-7-21(8-5-10)13(18-2)19-6-3-12-20-11(9-22-12)14(15,16)17;/h9-10H,3-8H2,1-2H3,(H,18,19);1H. The number of aliphatic imine (C=N–C) groups is 1. The third-order valence-electron chi connectivity index (χ3n) is 3.76. The fraction of sp³-hybridized carbons (Fsp3) is 0.714. The lowest BCUT2D eigenvalue weighted by Gasteiger charge is -2.32. The molecule has 1 aliphatic heterocycles. The lowest BCUT2D eigenvalue weighted by atomic mass is 10.00. The fourth-order valence-corrected chi connectivity index (χ4v) is 3.19. The average molecular weight is 462 g/mol. The van der Waals surface area contributed by atoms with Gasteiger partial charge < -0.3 is 10.2 Å². The van der Waals surface area contributed by atoms with Crippen molar-refractivity contribution in [2.45, 2.75) is 32.4 Å². The summed E-state index contributed by atoms with van der Waals surface area (Å²) in [4.78, 5) is 10.1. The van der Waals surface area contributed by atoms with Gasteiger partial charge in [0.25, 0.3) is 0 Å². The van der Waals surface area contributed by atoms with Crippen molar-refractivity contribution >= 4 is 41.3 Å². The maximum Gasteiger partial charge on any atom is 0.434 e. The van der Waals surface area contributed by atoms with Gasteiger partial charge in [0.1, 0.15) is 0 Å². The first-order chi connectivity index (χ1) is 10.4. The van der Waals surface area contributed by atoms with Crippen molar-refractivity contribution in [1.82, 2.24) is 15.2 Å². The predicted molar refractivity (Wildman–Crippen MR) is 97.6 cm³/mol. The molecule has 0 spiro atoms. The van der Waals surface area contributed by atoms with E-state index in [4.69, 9.17) is 0 Å². The number of likely N-dealkylation sites (tertiary alicyclic amines) is 1. The minimum atomic E-state index is -4.36. The monoisotopic (exact) mass is 462 g/mol. The largest absolute Gasteiger partial charge is 0.434 e. The van der Waals surface area contributed by atoms with Crippen LogP contribution in [0.5, 0.6) is 0 Å². The Bertz CT molecular complexity index is 510. The van der Waals surface area contributed by atoms with Crippen LogP contribution in [0.25, 0.3) is 0 Å². The summed E-state index contributed by atoms with van der Waals surface area (Å²) in [5.41, 5.74) is -0.804. The molecule has 1 aliphatic rings. The van der Waals surface area contributed by atoms with Crippen molar-refractivity contribution < 1.29 is 13.2 Å². The molecule has 132 valence electrons. The Balaban J connectivity index is 0.00000264. The summed E-state index contributed by atoms with van der Waals surface area (Å²) < 4.78 is 37.5. The molecule has 1 saturated heterocycles. The van der Waals surface area contributed by atoms with E-state index in [1.165, 1.54) is 0 Å². The summed E-state index contributed by atoms with van der Waals surface area (Å²) in [6, 6.07) is 0. The summed E-state index contributed by atoms with van der Waals surface area (Å²) in [6.07, 6.45) is -1.61. The second-order valence-corrected chi connectivity index (χ2v) is 6.46. The normalized spacial score (nSPS) is 17.1. The zero-order chi connectivity index (χ0) is 16.2. The molecule has 2 rings (SSSR count). The van der Waals surface area contributed by atoms with Gasteiger partial charge in [0.15, 0.2) is 11.7 Å². The van der Waals surface area contributed by atoms with Crippen molar-refractivity contribution in [3.8, 4) is 0 Å². The maximum atomic E-state index is 12.5. The zero-order valence-corrected chi connectivity index (χ0v) is 16.3. The summed E-state index contributed by atoms with van der Waals surface area (Å²) in [7, 11) is 1.73. The Labute approximate surface area is 155 Å². The van der Waals surface area contributed by atoms with Gasteiger partial charge in [-0.25, -0.2) is 4.98 Å². The van der Waals surface area contributed by atoms with E-state index in [1.54, 1.807) is 7.05 Å². The maximum absolute atomic E-state index is 12.5. The predicted octanol–water partition coefficient (Wildman–Crippen LogP) is 3.63. The van der Waals surface area contributed by atoms with Gasteiger partial charge in [0.05, 0.1) is 5.01 Å². The second-order valence-electron chi connectivity index (χ2n) is 5.52. The Morgan fingerprint density at radius 2 is 2.09 bits per heavy atom. The number of aromatic nitrogens is 1. The molecule has 9 heteroatoms. The highest BCUT2D eigenvalue weighted by Gasteiger charge is 2.33. The van der Waals surface area contributed by atoms with Crippen LogP contribution in [0.1, 0.15) is 30.5 Å². The van der Waals surface area contributed by atoms with Crippen LogP contribution < -0.4 is 5.32 Å². The second kappa shape index (κ2) is 9.05. The number of alkyl halides is 3. The smallest absolute Gasteiger partial charge is 0.356 e. The van der Waals surface area contributed by atoms with Gasteiger partial charge in [0, 0.05) is 38.5 Å². The quantitative estimate of drug-likeness (QED) is 0.424. The molecule has 0 aliphatic carbocycles. The Hall–Kier alpha value is -0.580. The van der Waals surface area contributed by atoms with Crippen LogP contribution in [0, 0.1) is 5.92 Å². The molecule has 1 aromatic rings. The number of rotatable bonds is 3. The summed E-state index contributed by atoms with van der Waals surface area (Å²) in [5, 5.41) is 4.77. The molecule has 0 aromatic carbocycles. The van der Waals surface area contributed by atoms with Crippen molar-refractivity contribution in [2.24, 2.45) is 10.9 Å². The highest BCUT2D eigenvalue weighted by atomic mass is 127. The van der Waals surface area contributed by atoms with E-state index in [1.807, 2.05) is 0 Å². The van der Waals surface area contributed by atoms with Gasteiger partial charge in [0.2, 0.25) is 0 Å². The molecular weight excluding hydrogens is 440 g/mol. The van der Waals surface area contributed by atoms with Crippen LogP contribution in [0.3, 0.4) is 0 Å². The van der Waals surface area contributed by atoms with Crippen LogP contribution in [0.15, 0.2) is 10.4 Å². The first-order valence-electron chi connectivity index (χ1n) is 7.37. The number of guanidine groups is 1. The zero-order valence-electron chi connectivity index (χ0n) is 13.2. The molecule has 1 aromatic heterocycles. The highest BCUT2D eigenvalue weighted by Crippen LogP contribution is 2.30. The van der Waals surface area contributed by atoms with E-state index in [-0.39, 0.29) is 24.0 Å². The minimum absolute atomic E-state index is 0. The van der Waals surface area contributed by atoms with Crippen LogP contribution in [0.4, 0.5) is 13.2 Å². The summed E-state index contributed by atoms with van der Waals surface area (Å²) in [5.74, 6) is 1.56. The van der Waals surface area contributed by atoms with E-state index >= 15 is 0 Å². The molecule has 0 amide bonds. The van der Waals surface area contributed by atoms with E-state index in [0.29, 0.717) is 18.0 Å². The third-order valence-corrected chi connectivity index (χ3v) is 4.67. The summed E-state index contributed by atoms with van der Waals surface area (Å²) >= 11 is 1.05. The van der Waals surface area contributed by atoms with Crippen LogP contribution in [-0.4, -0.2) is 42.5 Å². The van der Waals surface area contributed by atoms with Gasteiger partial charge in [-0.3, -0.25) is 4.99 Å². The summed E-state index contributed by atoms with van der Waals surface area (Å²) in [6.45, 7) is 4.71. The van der Waals surface area contributed by atoms with E-state index < -0.39 is 11.9 Å². The molecule has 0 radical (unpaired) electrons. The fourth-order valence-electron chi connectivity index (χ4n) is 2.39. The molecular formula is C14H22F3IN4S. The van der Waals surface area contributed by atoms with E-state index in [2.05, 4.69) is 27.1 Å². The van der Waals surface area contributed by atoms with Crippen molar-refractivity contribution in [3.05, 3.63) is 16.1 Å². The molecule has 0 bridgehead atoms. The first-order valence-corrected chi connectivity index (χ1v) is 8.25. The molecule has 0 saturated carbocycles. The number of thiazole rings is 1. The number of nitrogens with zero attached hydrogens (tertiary/aromatic N) is 3. The first kappa shape index (κ1) is 20.5. The van der Waals surface area contributed by atoms with Gasteiger partial charge in [-0.05, 0) is 18.8 Å². The lowest BCUT2D eigenvalue weighted by Crippen LogP contribution is -2.45. The topological polar surface area (TPSA) is 40.5 Å². The lowest BCUT2D eigenvalue weighted by molar-refractivity contribution is -0.140. The van der Waals surface area contributed by atoms with Crippen molar-refractivity contribution in [1.29, 1.82) is 0 Å². The number of nitrogens with one attached hydrogen (secondary N) is 1. The number of hydrogen-bond acceptors (Lipinski definition) is 3. The van der Waals surface area contributed by atoms with Gasteiger partial charge in [-0.2, -0.15) is 13.2 Å². The molecule has 4 nitrogen and oxygen atoms in total. The Kier molecular flexibility index (Phi) is 8.05. The molecule has 23 heavy (non-hydrogen) atoms. The van der Waals surface area contributed by atoms with Crippen LogP contribution in [0.2, 0.25) is 0 Å². The van der Waals surface area contributed by atoms with Crippen LogP contribution in [-0.2, 0) is 12.6 Å². The third kappa shape index (κ3) is 6.09. The van der Waals surface area contributed by atoms with Gasteiger partial charge in [-0.1, -0.05) is 6.92 Å². The van der Waals surface area contributed by atoms with E-state index in [9.17, 15) is 13.2 Å². The average Bonchev–Trinajstić information content (AvgIpc) is 2.94. The van der Waals surface area contributed by atoms with Crippen LogP contribution >= 0.6 is 35.3 Å². The Morgan fingerprint density at radius 1 is 1.43 bits per heavy atom. The number of piperidine rings is 1. The minimum Gasteiger partial charge on any atom is -0.356 e. The van der Waals surface area contributed by atoms with Gasteiger partial charge >= 0.3 is 6.18 Å². The number of halogens is 4. The SMILES string of the molecule is CN=C(NCCc1nc(C(F)(F)F)cs1)N1CCC(C)CC1.I. The molecule has 1 N–H and O–H groups in total. The highest BCUT2D eigenvalue weighted by molar-refractivity contribution is 14.0. The number of hydrogen-bond donors (Lipinski definition) is 1.